The van der Waals surface area contributed by atoms with Crippen molar-refractivity contribution in [2.45, 2.75) is 0 Å². The van der Waals surface area contributed by atoms with E-state index < -0.39 is 5.97 Å². The van der Waals surface area contributed by atoms with Gasteiger partial charge in [0, 0.05) is 5.92 Å². The van der Waals surface area contributed by atoms with Gasteiger partial charge in [-0.3, -0.25) is 0 Å². The van der Waals surface area contributed by atoms with E-state index >= 15 is 0 Å². The first kappa shape index (κ1) is 10.4. The number of anilines is 1. The molecule has 1 aromatic heterocycles. The summed E-state index contributed by atoms with van der Waals surface area (Å²) in [6.07, 6.45) is 0. The van der Waals surface area contributed by atoms with Crippen LogP contribution in [0.15, 0.2) is 12.1 Å². The van der Waals surface area contributed by atoms with Gasteiger partial charge in [-0.15, -0.1) is 0 Å². The van der Waals surface area contributed by atoms with Gasteiger partial charge in [-0.1, -0.05) is 11.6 Å². The van der Waals surface area contributed by atoms with Crippen molar-refractivity contribution in [3.8, 4) is 11.8 Å². The number of rotatable bonds is 0. The van der Waals surface area contributed by atoms with Crippen molar-refractivity contribution in [2.24, 2.45) is 0 Å². The maximum absolute atomic E-state index is 10.7. The number of nitrogen functional groups attached to an aromatic ring is 1. The van der Waals surface area contributed by atoms with Crippen molar-refractivity contribution in [2.75, 3.05) is 12.8 Å². The molecule has 4 nitrogen and oxygen atoms in total. The molecule has 0 aliphatic carbocycles. The van der Waals surface area contributed by atoms with Crippen LogP contribution in [0.3, 0.4) is 0 Å². The molecule has 0 fully saturated rings. The number of hydrogen-bond acceptors (Lipinski definition) is 4. The summed E-state index contributed by atoms with van der Waals surface area (Å²) in [7, 11) is 1.24. The van der Waals surface area contributed by atoms with Crippen LogP contribution in [0.4, 0.5) is 5.69 Å². The molecule has 1 aromatic rings. The summed E-state index contributed by atoms with van der Waals surface area (Å²) in [4.78, 5) is 14.5. The fourth-order valence-corrected chi connectivity index (χ4v) is 0.855. The lowest BCUT2D eigenvalue weighted by molar-refractivity contribution is -0.133. The summed E-state index contributed by atoms with van der Waals surface area (Å²) in [6.45, 7) is 0. The van der Waals surface area contributed by atoms with Gasteiger partial charge in [0.1, 0.15) is 10.8 Å². The average molecular weight is 211 g/mol. The lowest BCUT2D eigenvalue weighted by Gasteiger charge is -1.96. The summed E-state index contributed by atoms with van der Waals surface area (Å²) < 4.78 is 4.33. The highest BCUT2D eigenvalue weighted by Crippen LogP contribution is 2.11. The molecule has 0 aliphatic heterocycles. The Balaban J connectivity index is 3.00. The predicted octanol–water partition coefficient (Wildman–Crippen LogP) is 0.842. The molecule has 72 valence electrons. The standard InChI is InChI=1S/C9H7ClN2O2/c1-14-9(13)5-3-7-6(11)2-4-8(10)12-7/h2,4H,11H2,1H3. The maximum atomic E-state index is 10.7. The van der Waals surface area contributed by atoms with Gasteiger partial charge >= 0.3 is 5.97 Å². The number of carbonyl (C=O) groups excluding carboxylic acids is 1. The van der Waals surface area contributed by atoms with Crippen molar-refractivity contribution < 1.29 is 9.53 Å². The molecule has 0 saturated heterocycles. The SMILES string of the molecule is COC(=O)C#Cc1nc(Cl)ccc1N. The molecular formula is C9H7ClN2O2. The quantitative estimate of drug-likeness (QED) is 0.392. The molecule has 1 rings (SSSR count). The van der Waals surface area contributed by atoms with Crippen molar-refractivity contribution in [3.63, 3.8) is 0 Å². The second-order valence-electron chi connectivity index (χ2n) is 2.31. The third-order valence-corrected chi connectivity index (χ3v) is 1.57. The molecule has 0 aliphatic rings. The molecular weight excluding hydrogens is 204 g/mol. The van der Waals surface area contributed by atoms with Crippen molar-refractivity contribution in [1.29, 1.82) is 0 Å². The first-order valence-corrected chi connectivity index (χ1v) is 4.03. The Morgan fingerprint density at radius 3 is 3.00 bits per heavy atom. The number of ether oxygens (including phenoxy) is 1. The number of esters is 1. The predicted molar refractivity (Wildman–Crippen MR) is 52.6 cm³/mol. The Labute approximate surface area is 86.0 Å². The molecule has 0 unspecified atom stereocenters. The van der Waals surface area contributed by atoms with Gasteiger partial charge in [-0.25, -0.2) is 9.78 Å². The molecule has 0 spiro atoms. The van der Waals surface area contributed by atoms with E-state index in [9.17, 15) is 4.79 Å². The van der Waals surface area contributed by atoms with Gasteiger partial charge in [0.2, 0.25) is 0 Å². The molecule has 5 heteroatoms. The van der Waals surface area contributed by atoms with E-state index in [1.165, 1.54) is 7.11 Å². The van der Waals surface area contributed by atoms with Gasteiger partial charge < -0.3 is 10.5 Å². The van der Waals surface area contributed by atoms with Crippen LogP contribution in [0.2, 0.25) is 5.15 Å². The molecule has 14 heavy (non-hydrogen) atoms. The fraction of sp³-hybridized carbons (Fsp3) is 0.111. The number of nitrogens with zero attached hydrogens (tertiary/aromatic N) is 1. The average Bonchev–Trinajstić information content (AvgIpc) is 2.19. The van der Waals surface area contributed by atoms with E-state index in [0.29, 0.717) is 5.69 Å². The third kappa shape index (κ3) is 2.64. The highest BCUT2D eigenvalue weighted by molar-refractivity contribution is 6.29. The zero-order valence-corrected chi connectivity index (χ0v) is 8.13. The monoisotopic (exact) mass is 210 g/mol. The maximum Gasteiger partial charge on any atom is 0.384 e. The number of methoxy groups -OCH3 is 1. The van der Waals surface area contributed by atoms with Gasteiger partial charge in [0.25, 0.3) is 0 Å². The zero-order valence-electron chi connectivity index (χ0n) is 7.37. The topological polar surface area (TPSA) is 65.2 Å². The van der Waals surface area contributed by atoms with Crippen LogP contribution >= 0.6 is 11.6 Å². The Morgan fingerprint density at radius 1 is 1.64 bits per heavy atom. The van der Waals surface area contributed by atoms with Crippen LogP contribution in [0.1, 0.15) is 5.69 Å². The van der Waals surface area contributed by atoms with Crippen molar-refractivity contribution >= 4 is 23.3 Å². The van der Waals surface area contributed by atoms with E-state index in [1.807, 2.05) is 0 Å². The molecule has 1 heterocycles. The Hall–Kier alpha value is -1.73. The molecule has 2 N–H and O–H groups in total. The molecule has 0 aromatic carbocycles. The molecule has 0 bridgehead atoms. The number of halogens is 1. The number of hydrogen-bond donors (Lipinski definition) is 1. The fourth-order valence-electron chi connectivity index (χ4n) is 0.707. The normalized spacial score (nSPS) is 8.71. The minimum Gasteiger partial charge on any atom is -0.459 e. The largest absolute Gasteiger partial charge is 0.459 e. The Morgan fingerprint density at radius 2 is 2.36 bits per heavy atom. The van der Waals surface area contributed by atoms with E-state index in [0.717, 1.165) is 0 Å². The Kier molecular flexibility index (Phi) is 3.32. The minimum absolute atomic E-state index is 0.267. The van der Waals surface area contributed by atoms with E-state index in [-0.39, 0.29) is 10.8 Å². The lowest BCUT2D eigenvalue weighted by Crippen LogP contribution is -1.97. The first-order valence-electron chi connectivity index (χ1n) is 3.65. The summed E-state index contributed by atoms with van der Waals surface area (Å²) in [6, 6.07) is 3.11. The zero-order chi connectivity index (χ0) is 10.6. The lowest BCUT2D eigenvalue weighted by atomic mass is 10.3. The van der Waals surface area contributed by atoms with Crippen molar-refractivity contribution in [1.82, 2.24) is 4.98 Å². The van der Waals surface area contributed by atoms with Gasteiger partial charge in [-0.05, 0) is 18.1 Å². The van der Waals surface area contributed by atoms with E-state index in [2.05, 4.69) is 21.6 Å². The second kappa shape index (κ2) is 4.49. The molecule has 0 atom stereocenters. The van der Waals surface area contributed by atoms with Crippen LogP contribution in [0, 0.1) is 11.8 Å². The van der Waals surface area contributed by atoms with Gasteiger partial charge in [-0.2, -0.15) is 0 Å². The second-order valence-corrected chi connectivity index (χ2v) is 2.70. The number of carbonyl (C=O) groups is 1. The third-order valence-electron chi connectivity index (χ3n) is 1.36. The first-order chi connectivity index (χ1) is 6.63. The van der Waals surface area contributed by atoms with Crippen LogP contribution in [0.25, 0.3) is 0 Å². The van der Waals surface area contributed by atoms with Crippen LogP contribution in [0.5, 0.6) is 0 Å². The summed E-state index contributed by atoms with van der Waals surface area (Å²) >= 11 is 5.62. The van der Waals surface area contributed by atoms with Crippen molar-refractivity contribution in [3.05, 3.63) is 23.0 Å². The smallest absolute Gasteiger partial charge is 0.384 e. The van der Waals surface area contributed by atoms with Crippen LogP contribution in [-0.2, 0) is 9.53 Å². The van der Waals surface area contributed by atoms with Crippen LogP contribution < -0.4 is 5.73 Å². The molecule has 0 radical (unpaired) electrons. The van der Waals surface area contributed by atoms with Gasteiger partial charge in [0.15, 0.2) is 0 Å². The highest BCUT2D eigenvalue weighted by atomic mass is 35.5. The van der Waals surface area contributed by atoms with Gasteiger partial charge in [0.05, 0.1) is 12.8 Å². The van der Waals surface area contributed by atoms with E-state index in [1.54, 1.807) is 12.1 Å². The van der Waals surface area contributed by atoms with E-state index in [4.69, 9.17) is 17.3 Å². The Bertz CT molecular complexity index is 421. The number of nitrogens with two attached hydrogens (primary N) is 1. The highest BCUT2D eigenvalue weighted by Gasteiger charge is 1.98. The van der Waals surface area contributed by atoms with Crippen LogP contribution in [-0.4, -0.2) is 18.1 Å². The number of aromatic nitrogens is 1. The summed E-state index contributed by atoms with van der Waals surface area (Å²) in [5.41, 5.74) is 6.17. The molecule has 0 saturated carbocycles. The minimum atomic E-state index is -0.647. The summed E-state index contributed by atoms with van der Waals surface area (Å²) in [5, 5.41) is 0.272. The molecule has 0 amide bonds. The number of pyridine rings is 1. The summed E-state index contributed by atoms with van der Waals surface area (Å²) in [5.74, 6) is 4.02.